The monoisotopic (exact) mass is 411 g/mol. The lowest BCUT2D eigenvalue weighted by molar-refractivity contribution is -0.115. The Kier molecular flexibility index (Phi) is 5.17. The number of thiophene rings is 1. The smallest absolute Gasteiger partial charge is 0.267 e. The van der Waals surface area contributed by atoms with E-state index in [9.17, 15) is 9.59 Å². The molecule has 0 aliphatic carbocycles. The SMILES string of the molecule is O=C(Cc1csc(NC(=O)c2cccs2)n1)Nc1ccc(-n2cnnn2)cc1. The minimum atomic E-state index is -0.206. The zero-order chi connectivity index (χ0) is 19.3. The van der Waals surface area contributed by atoms with Crippen LogP contribution in [-0.2, 0) is 11.2 Å². The van der Waals surface area contributed by atoms with Crippen molar-refractivity contribution in [3.05, 3.63) is 64.1 Å². The van der Waals surface area contributed by atoms with Crippen LogP contribution >= 0.6 is 22.7 Å². The van der Waals surface area contributed by atoms with E-state index in [4.69, 9.17) is 0 Å². The Balaban J connectivity index is 1.33. The first-order valence-electron chi connectivity index (χ1n) is 8.10. The van der Waals surface area contributed by atoms with E-state index in [2.05, 4.69) is 31.1 Å². The fourth-order valence-electron chi connectivity index (χ4n) is 2.36. The summed E-state index contributed by atoms with van der Waals surface area (Å²) in [4.78, 5) is 29.2. The highest BCUT2D eigenvalue weighted by Gasteiger charge is 2.12. The van der Waals surface area contributed by atoms with Crippen LogP contribution in [0.4, 0.5) is 10.8 Å². The van der Waals surface area contributed by atoms with Gasteiger partial charge in [-0.15, -0.1) is 27.8 Å². The molecule has 0 fully saturated rings. The van der Waals surface area contributed by atoms with Gasteiger partial charge in [0.05, 0.1) is 22.7 Å². The van der Waals surface area contributed by atoms with Crippen molar-refractivity contribution < 1.29 is 9.59 Å². The van der Waals surface area contributed by atoms with Crippen LogP contribution in [0.1, 0.15) is 15.4 Å². The molecule has 0 aliphatic heterocycles. The van der Waals surface area contributed by atoms with E-state index >= 15 is 0 Å². The number of tetrazole rings is 1. The molecule has 2 amide bonds. The lowest BCUT2D eigenvalue weighted by Gasteiger charge is -2.05. The number of amides is 2. The molecule has 0 unspecified atom stereocenters. The van der Waals surface area contributed by atoms with E-state index in [0.717, 1.165) is 5.69 Å². The van der Waals surface area contributed by atoms with Crippen molar-refractivity contribution in [2.75, 3.05) is 10.6 Å². The second-order valence-electron chi connectivity index (χ2n) is 5.60. The molecule has 11 heteroatoms. The van der Waals surface area contributed by atoms with Gasteiger partial charge in [0.15, 0.2) is 5.13 Å². The number of nitrogens with zero attached hydrogens (tertiary/aromatic N) is 5. The molecule has 4 rings (SSSR count). The maximum atomic E-state index is 12.2. The van der Waals surface area contributed by atoms with Gasteiger partial charge in [-0.1, -0.05) is 6.07 Å². The van der Waals surface area contributed by atoms with Gasteiger partial charge < -0.3 is 5.32 Å². The molecule has 2 N–H and O–H groups in total. The van der Waals surface area contributed by atoms with Crippen molar-refractivity contribution in [1.82, 2.24) is 25.2 Å². The van der Waals surface area contributed by atoms with Gasteiger partial charge in [-0.25, -0.2) is 9.67 Å². The molecule has 0 saturated heterocycles. The maximum Gasteiger partial charge on any atom is 0.267 e. The van der Waals surface area contributed by atoms with Crippen molar-refractivity contribution in [3.8, 4) is 5.69 Å². The highest BCUT2D eigenvalue weighted by atomic mass is 32.1. The lowest BCUT2D eigenvalue weighted by Crippen LogP contribution is -2.15. The summed E-state index contributed by atoms with van der Waals surface area (Å²) in [6, 6.07) is 10.7. The van der Waals surface area contributed by atoms with E-state index in [1.807, 2.05) is 11.4 Å². The first kappa shape index (κ1) is 17.9. The van der Waals surface area contributed by atoms with Crippen molar-refractivity contribution in [3.63, 3.8) is 0 Å². The molecule has 1 aromatic carbocycles. The normalized spacial score (nSPS) is 10.6. The highest BCUT2D eigenvalue weighted by Crippen LogP contribution is 2.19. The number of aromatic nitrogens is 5. The van der Waals surface area contributed by atoms with E-state index in [-0.39, 0.29) is 18.2 Å². The molecule has 3 aromatic heterocycles. The fourth-order valence-corrected chi connectivity index (χ4v) is 3.68. The molecule has 9 nitrogen and oxygen atoms in total. The summed E-state index contributed by atoms with van der Waals surface area (Å²) in [7, 11) is 0. The third-order valence-corrected chi connectivity index (χ3v) is 5.30. The lowest BCUT2D eigenvalue weighted by atomic mass is 10.2. The molecule has 0 bridgehead atoms. The van der Waals surface area contributed by atoms with E-state index in [0.29, 0.717) is 21.4 Å². The Morgan fingerprint density at radius 1 is 1.07 bits per heavy atom. The Bertz CT molecular complexity index is 1070. The van der Waals surface area contributed by atoms with Crippen LogP contribution in [0.5, 0.6) is 0 Å². The molecule has 140 valence electrons. The van der Waals surface area contributed by atoms with Crippen LogP contribution < -0.4 is 10.6 Å². The van der Waals surface area contributed by atoms with Gasteiger partial charge in [-0.05, 0) is 46.1 Å². The largest absolute Gasteiger partial charge is 0.326 e. The third-order valence-electron chi connectivity index (χ3n) is 3.62. The molecule has 3 heterocycles. The molecular formula is C17H13N7O2S2. The number of rotatable bonds is 6. The number of thiazole rings is 1. The number of benzene rings is 1. The summed E-state index contributed by atoms with van der Waals surface area (Å²) in [6.45, 7) is 0. The van der Waals surface area contributed by atoms with Gasteiger partial charge in [0.2, 0.25) is 5.91 Å². The molecule has 28 heavy (non-hydrogen) atoms. The average Bonchev–Trinajstić information content (AvgIpc) is 3.45. The van der Waals surface area contributed by atoms with Gasteiger partial charge >= 0.3 is 0 Å². The van der Waals surface area contributed by atoms with Crippen molar-refractivity contribution in [2.24, 2.45) is 0 Å². The van der Waals surface area contributed by atoms with Gasteiger partial charge in [-0.3, -0.25) is 14.9 Å². The molecule has 0 atom stereocenters. The number of anilines is 2. The summed E-state index contributed by atoms with van der Waals surface area (Å²) < 4.78 is 1.52. The predicted octanol–water partition coefficient (Wildman–Crippen LogP) is 2.61. The number of carbonyl (C=O) groups excluding carboxylic acids is 2. The number of nitrogens with one attached hydrogen (secondary N) is 2. The molecule has 0 radical (unpaired) electrons. The third kappa shape index (κ3) is 4.27. The molecular weight excluding hydrogens is 398 g/mol. The summed E-state index contributed by atoms with van der Waals surface area (Å²) in [5.74, 6) is -0.403. The number of carbonyl (C=O) groups is 2. The van der Waals surface area contributed by atoms with Crippen LogP contribution in [0.2, 0.25) is 0 Å². The fraction of sp³-hybridized carbons (Fsp3) is 0.0588. The van der Waals surface area contributed by atoms with Gasteiger partial charge in [0, 0.05) is 11.1 Å². The molecule has 4 aromatic rings. The first-order chi connectivity index (χ1) is 13.7. The van der Waals surface area contributed by atoms with Crippen LogP contribution in [0.3, 0.4) is 0 Å². The Labute approximate surface area is 167 Å². The van der Waals surface area contributed by atoms with E-state index < -0.39 is 0 Å². The summed E-state index contributed by atoms with van der Waals surface area (Å²) in [5, 5.41) is 20.6. The van der Waals surface area contributed by atoms with Crippen molar-refractivity contribution >= 4 is 45.3 Å². The van der Waals surface area contributed by atoms with Gasteiger partial charge in [0.25, 0.3) is 5.91 Å². The summed E-state index contributed by atoms with van der Waals surface area (Å²) >= 11 is 2.64. The minimum absolute atomic E-state index is 0.111. The Hall–Kier alpha value is -3.44. The van der Waals surface area contributed by atoms with Crippen molar-refractivity contribution in [1.29, 1.82) is 0 Å². The Morgan fingerprint density at radius 3 is 2.64 bits per heavy atom. The zero-order valence-electron chi connectivity index (χ0n) is 14.3. The van der Waals surface area contributed by atoms with Gasteiger partial charge in [0.1, 0.15) is 6.33 Å². The highest BCUT2D eigenvalue weighted by molar-refractivity contribution is 7.14. The molecule has 0 spiro atoms. The van der Waals surface area contributed by atoms with Crippen LogP contribution in [0, 0.1) is 0 Å². The van der Waals surface area contributed by atoms with E-state index in [1.54, 1.807) is 35.7 Å². The summed E-state index contributed by atoms with van der Waals surface area (Å²) in [6.07, 6.45) is 1.60. The van der Waals surface area contributed by atoms with Gasteiger partial charge in [-0.2, -0.15) is 0 Å². The first-order valence-corrected chi connectivity index (χ1v) is 9.86. The van der Waals surface area contributed by atoms with Crippen LogP contribution in [0.15, 0.2) is 53.5 Å². The minimum Gasteiger partial charge on any atom is -0.326 e. The maximum absolute atomic E-state index is 12.2. The number of hydrogen-bond donors (Lipinski definition) is 2. The van der Waals surface area contributed by atoms with E-state index in [1.165, 1.54) is 33.7 Å². The standard InChI is InChI=1S/C17H13N7O2S2/c25-15(19-11-3-5-13(6-4-11)24-10-18-22-23-24)8-12-9-28-17(20-12)21-16(26)14-2-1-7-27-14/h1-7,9-10H,8H2,(H,19,25)(H,20,21,26). The Morgan fingerprint density at radius 2 is 1.93 bits per heavy atom. The number of hydrogen-bond acceptors (Lipinski definition) is 8. The predicted molar refractivity (Wildman–Crippen MR) is 106 cm³/mol. The topological polar surface area (TPSA) is 115 Å². The zero-order valence-corrected chi connectivity index (χ0v) is 15.9. The molecule has 0 saturated carbocycles. The summed E-state index contributed by atoms with van der Waals surface area (Å²) in [5.41, 5.74) is 2.03. The van der Waals surface area contributed by atoms with Crippen LogP contribution in [-0.4, -0.2) is 37.0 Å². The quantitative estimate of drug-likeness (QED) is 0.504. The average molecular weight is 411 g/mol. The second-order valence-corrected chi connectivity index (χ2v) is 7.41. The second kappa shape index (κ2) is 8.06. The molecule has 0 aliphatic rings. The van der Waals surface area contributed by atoms with Crippen LogP contribution in [0.25, 0.3) is 5.69 Å². The van der Waals surface area contributed by atoms with Crippen molar-refractivity contribution in [2.45, 2.75) is 6.42 Å².